The maximum absolute atomic E-state index is 9.65. The van der Waals surface area contributed by atoms with Gasteiger partial charge >= 0.3 is 0 Å². The summed E-state index contributed by atoms with van der Waals surface area (Å²) in [5.74, 6) is 0. The summed E-state index contributed by atoms with van der Waals surface area (Å²) >= 11 is 0. The van der Waals surface area contributed by atoms with E-state index in [1.807, 2.05) is 13.1 Å². The Balaban J connectivity index is 1.90. The van der Waals surface area contributed by atoms with Crippen LogP contribution in [0.15, 0.2) is 17.1 Å². The summed E-state index contributed by atoms with van der Waals surface area (Å²) in [6, 6.07) is 0. The Bertz CT molecular complexity index is 313. The van der Waals surface area contributed by atoms with Gasteiger partial charge < -0.3 is 5.11 Å². The van der Waals surface area contributed by atoms with Crippen LogP contribution in [-0.4, -0.2) is 35.2 Å². The minimum absolute atomic E-state index is 0.207. The van der Waals surface area contributed by atoms with Gasteiger partial charge in [0, 0.05) is 12.8 Å². The number of hydrogen-bond acceptors (Lipinski definition) is 3. The van der Waals surface area contributed by atoms with Crippen LogP contribution in [0.25, 0.3) is 0 Å². The van der Waals surface area contributed by atoms with E-state index in [4.69, 9.17) is 0 Å². The van der Waals surface area contributed by atoms with Crippen LogP contribution in [0.4, 0.5) is 0 Å². The summed E-state index contributed by atoms with van der Waals surface area (Å²) in [4.78, 5) is 6.51. The van der Waals surface area contributed by atoms with E-state index < -0.39 is 0 Å². The Labute approximate surface area is 137 Å². The Morgan fingerprint density at radius 2 is 1.73 bits per heavy atom. The first-order valence-corrected chi connectivity index (χ1v) is 9.36. The molecule has 1 N–H and O–H groups in total. The van der Waals surface area contributed by atoms with E-state index >= 15 is 0 Å². The summed E-state index contributed by atoms with van der Waals surface area (Å²) in [6.45, 7) is 4.89. The predicted octanol–water partition coefficient (Wildman–Crippen LogP) is 4.90. The number of nitrogens with zero attached hydrogens (tertiary/aromatic N) is 2. The molecule has 0 aliphatic carbocycles. The third-order valence-electron chi connectivity index (χ3n) is 4.41. The summed E-state index contributed by atoms with van der Waals surface area (Å²) in [5.41, 5.74) is 0. The van der Waals surface area contributed by atoms with Gasteiger partial charge in [0.1, 0.15) is 12.4 Å². The number of aliphatic imine (C=N–C) groups is 1. The average molecular weight is 309 g/mol. The highest BCUT2D eigenvalue weighted by Crippen LogP contribution is 2.17. The van der Waals surface area contributed by atoms with E-state index in [0.29, 0.717) is 0 Å². The Kier molecular flexibility index (Phi) is 11.3. The van der Waals surface area contributed by atoms with Gasteiger partial charge in [-0.1, -0.05) is 51.2 Å². The molecule has 0 saturated heterocycles. The van der Waals surface area contributed by atoms with Crippen LogP contribution < -0.4 is 0 Å². The normalized spacial score (nSPS) is 20.2. The molecule has 1 rings (SSSR count). The van der Waals surface area contributed by atoms with Gasteiger partial charge in [-0.2, -0.15) is 0 Å². The van der Waals surface area contributed by atoms with E-state index in [1.54, 1.807) is 0 Å². The molecule has 3 heteroatoms. The molecule has 22 heavy (non-hydrogen) atoms. The van der Waals surface area contributed by atoms with Crippen LogP contribution in [0.2, 0.25) is 0 Å². The Morgan fingerprint density at radius 3 is 2.36 bits per heavy atom. The highest BCUT2D eigenvalue weighted by Gasteiger charge is 2.23. The number of aliphatic hydroxyl groups is 1. The van der Waals surface area contributed by atoms with Gasteiger partial charge in [-0.25, -0.2) is 0 Å². The zero-order valence-corrected chi connectivity index (χ0v) is 14.7. The van der Waals surface area contributed by atoms with E-state index in [0.717, 1.165) is 13.0 Å². The van der Waals surface area contributed by atoms with Crippen LogP contribution in [-0.2, 0) is 0 Å². The van der Waals surface area contributed by atoms with Crippen LogP contribution in [0.3, 0.4) is 0 Å². The number of allylic oxidation sites excluding steroid dienone is 2. The smallest absolute Gasteiger partial charge is 0.106 e. The van der Waals surface area contributed by atoms with Gasteiger partial charge in [-0.3, -0.25) is 9.89 Å². The standard InChI is InChI=1S/C19H36N2O/c1-3-4-5-6-7-8-9-10-11-12-13-14-15-19-20-16-17-21(19)18(2)22/h9-10,16,18-19,22H,3-8,11-15,17H2,1-2H3/b10-9+. The zero-order chi connectivity index (χ0) is 16.0. The Morgan fingerprint density at radius 1 is 1.09 bits per heavy atom. The van der Waals surface area contributed by atoms with Crippen molar-refractivity contribution in [1.29, 1.82) is 0 Å². The molecular formula is C19H36N2O. The van der Waals surface area contributed by atoms with Gasteiger partial charge in [-0.05, 0) is 45.4 Å². The van der Waals surface area contributed by atoms with Crippen molar-refractivity contribution in [2.45, 2.75) is 96.9 Å². The number of hydrogen-bond donors (Lipinski definition) is 1. The molecule has 128 valence electrons. The molecule has 3 nitrogen and oxygen atoms in total. The van der Waals surface area contributed by atoms with Crippen molar-refractivity contribution < 1.29 is 5.11 Å². The van der Waals surface area contributed by atoms with E-state index in [1.165, 1.54) is 64.2 Å². The van der Waals surface area contributed by atoms with E-state index in [9.17, 15) is 5.11 Å². The lowest BCUT2D eigenvalue weighted by Gasteiger charge is -2.25. The lowest BCUT2D eigenvalue weighted by atomic mass is 10.1. The highest BCUT2D eigenvalue weighted by atomic mass is 16.3. The molecule has 0 bridgehead atoms. The molecule has 0 radical (unpaired) electrons. The summed E-state index contributed by atoms with van der Waals surface area (Å²) in [5, 5.41) is 9.65. The maximum Gasteiger partial charge on any atom is 0.106 e. The molecule has 0 fully saturated rings. The number of rotatable bonds is 13. The average Bonchev–Trinajstić information content (AvgIpc) is 2.97. The van der Waals surface area contributed by atoms with Crippen molar-refractivity contribution in [2.24, 2.45) is 4.99 Å². The van der Waals surface area contributed by atoms with Crippen molar-refractivity contribution in [2.75, 3.05) is 6.54 Å². The van der Waals surface area contributed by atoms with Gasteiger partial charge in [0.25, 0.3) is 0 Å². The molecule has 0 aromatic carbocycles. The highest BCUT2D eigenvalue weighted by molar-refractivity contribution is 5.62. The lowest BCUT2D eigenvalue weighted by Crippen LogP contribution is -2.37. The van der Waals surface area contributed by atoms with E-state index in [-0.39, 0.29) is 12.4 Å². The molecule has 1 aliphatic heterocycles. The van der Waals surface area contributed by atoms with E-state index in [2.05, 4.69) is 29.0 Å². The van der Waals surface area contributed by atoms with Crippen molar-refractivity contribution in [3.8, 4) is 0 Å². The molecule has 1 heterocycles. The van der Waals surface area contributed by atoms with Crippen LogP contribution in [0, 0.1) is 0 Å². The van der Waals surface area contributed by atoms with Crippen LogP contribution in [0.5, 0.6) is 0 Å². The van der Waals surface area contributed by atoms with Crippen molar-refractivity contribution in [1.82, 2.24) is 4.90 Å². The van der Waals surface area contributed by atoms with Crippen molar-refractivity contribution in [3.63, 3.8) is 0 Å². The first kappa shape index (κ1) is 19.4. The van der Waals surface area contributed by atoms with Crippen molar-refractivity contribution in [3.05, 3.63) is 12.2 Å². The molecule has 0 aromatic rings. The predicted molar refractivity (Wildman–Crippen MR) is 96.3 cm³/mol. The zero-order valence-electron chi connectivity index (χ0n) is 14.7. The first-order valence-electron chi connectivity index (χ1n) is 9.36. The molecule has 0 aromatic heterocycles. The Hall–Kier alpha value is -0.670. The minimum atomic E-state index is -0.382. The second-order valence-electron chi connectivity index (χ2n) is 6.45. The third kappa shape index (κ3) is 8.70. The van der Waals surface area contributed by atoms with Gasteiger partial charge in [-0.15, -0.1) is 0 Å². The monoisotopic (exact) mass is 308 g/mol. The SMILES string of the molecule is CCCCCCC/C=C/CCCCCC1N=CCN1C(C)O. The third-order valence-corrected chi connectivity index (χ3v) is 4.41. The first-order chi connectivity index (χ1) is 10.8. The molecule has 0 spiro atoms. The minimum Gasteiger partial charge on any atom is -0.379 e. The number of aliphatic hydroxyl groups excluding tert-OH is 1. The molecule has 0 amide bonds. The summed E-state index contributed by atoms with van der Waals surface area (Å²) in [7, 11) is 0. The fourth-order valence-electron chi connectivity index (χ4n) is 2.98. The van der Waals surface area contributed by atoms with Crippen LogP contribution >= 0.6 is 0 Å². The maximum atomic E-state index is 9.65. The number of unbranched alkanes of at least 4 members (excludes halogenated alkanes) is 8. The summed E-state index contributed by atoms with van der Waals surface area (Å²) in [6.07, 6.45) is 20.6. The topological polar surface area (TPSA) is 35.8 Å². The van der Waals surface area contributed by atoms with Crippen LogP contribution in [0.1, 0.15) is 84.5 Å². The molecule has 2 atom stereocenters. The second kappa shape index (κ2) is 12.8. The molecular weight excluding hydrogens is 272 g/mol. The van der Waals surface area contributed by atoms with Gasteiger partial charge in [0.2, 0.25) is 0 Å². The fourth-order valence-corrected chi connectivity index (χ4v) is 2.98. The summed E-state index contributed by atoms with van der Waals surface area (Å²) < 4.78 is 0. The fraction of sp³-hybridized carbons (Fsp3) is 0.842. The lowest BCUT2D eigenvalue weighted by molar-refractivity contribution is 0.00711. The van der Waals surface area contributed by atoms with Gasteiger partial charge in [0.15, 0.2) is 0 Å². The van der Waals surface area contributed by atoms with Gasteiger partial charge in [0.05, 0.1) is 0 Å². The molecule has 0 saturated carbocycles. The molecule has 2 unspecified atom stereocenters. The second-order valence-corrected chi connectivity index (χ2v) is 6.45. The largest absolute Gasteiger partial charge is 0.379 e. The quantitative estimate of drug-likeness (QED) is 0.388. The van der Waals surface area contributed by atoms with Crippen molar-refractivity contribution >= 4 is 6.21 Å². The molecule has 1 aliphatic rings.